The molecule has 0 heterocycles. The molecular formula is C18H28N2O2. The van der Waals surface area contributed by atoms with Gasteiger partial charge in [-0.15, -0.1) is 0 Å². The van der Waals surface area contributed by atoms with Gasteiger partial charge in [0.05, 0.1) is 6.10 Å². The average molecular weight is 304 g/mol. The number of rotatable bonds is 9. The van der Waals surface area contributed by atoms with E-state index in [2.05, 4.69) is 24.1 Å². The van der Waals surface area contributed by atoms with Gasteiger partial charge in [-0.2, -0.15) is 0 Å². The maximum atomic E-state index is 11.8. The number of ether oxygens (including phenoxy) is 1. The quantitative estimate of drug-likeness (QED) is 0.713. The van der Waals surface area contributed by atoms with E-state index in [1.165, 1.54) is 0 Å². The van der Waals surface area contributed by atoms with E-state index in [-0.39, 0.29) is 12.0 Å². The number of carbonyl (C=O) groups excluding carboxylic acids is 1. The van der Waals surface area contributed by atoms with Crippen molar-refractivity contribution in [3.05, 3.63) is 35.9 Å². The smallest absolute Gasteiger partial charge is 0.244 e. The predicted octanol–water partition coefficient (Wildman–Crippen LogP) is 2.95. The number of benzene rings is 1. The van der Waals surface area contributed by atoms with Gasteiger partial charge in [-0.1, -0.05) is 26.0 Å². The number of likely N-dealkylation sites (N-methyl/N-ethyl adjacent to an activating group) is 1. The Morgan fingerprint density at radius 3 is 2.68 bits per heavy atom. The van der Waals surface area contributed by atoms with Gasteiger partial charge in [0.15, 0.2) is 0 Å². The number of hydrogen-bond donors (Lipinski definition) is 1. The molecule has 0 aliphatic carbocycles. The van der Waals surface area contributed by atoms with E-state index in [1.54, 1.807) is 12.2 Å². The minimum atomic E-state index is -0.0673. The van der Waals surface area contributed by atoms with Crippen LogP contribution in [0.3, 0.4) is 0 Å². The number of amides is 1. The van der Waals surface area contributed by atoms with Crippen LogP contribution in [0, 0.1) is 0 Å². The zero-order chi connectivity index (χ0) is 16.4. The second-order valence-corrected chi connectivity index (χ2v) is 5.39. The van der Waals surface area contributed by atoms with Gasteiger partial charge in [0.2, 0.25) is 5.91 Å². The maximum Gasteiger partial charge on any atom is 0.244 e. The fourth-order valence-corrected chi connectivity index (χ4v) is 2.07. The Labute approximate surface area is 134 Å². The SMILES string of the molecule is CCN(CC)CCNC(=O)/C=C/c1cccc(OC(C)C)c1. The van der Waals surface area contributed by atoms with Crippen LogP contribution in [0.15, 0.2) is 30.3 Å². The summed E-state index contributed by atoms with van der Waals surface area (Å²) in [6, 6.07) is 7.73. The summed E-state index contributed by atoms with van der Waals surface area (Å²) in [5.74, 6) is 0.751. The Morgan fingerprint density at radius 1 is 1.32 bits per heavy atom. The Bertz CT molecular complexity index is 480. The van der Waals surface area contributed by atoms with E-state index in [4.69, 9.17) is 4.74 Å². The first kappa shape index (κ1) is 18.2. The molecule has 1 aromatic carbocycles. The normalized spacial score (nSPS) is 11.4. The Balaban J connectivity index is 2.45. The lowest BCUT2D eigenvalue weighted by atomic mass is 10.2. The molecule has 0 fully saturated rings. The van der Waals surface area contributed by atoms with Crippen molar-refractivity contribution in [2.24, 2.45) is 0 Å². The molecule has 22 heavy (non-hydrogen) atoms. The number of carbonyl (C=O) groups is 1. The minimum Gasteiger partial charge on any atom is -0.491 e. The molecule has 0 aliphatic rings. The monoisotopic (exact) mass is 304 g/mol. The van der Waals surface area contributed by atoms with Crippen molar-refractivity contribution in [2.45, 2.75) is 33.8 Å². The van der Waals surface area contributed by atoms with Gasteiger partial charge in [-0.25, -0.2) is 0 Å². The molecule has 1 N–H and O–H groups in total. The summed E-state index contributed by atoms with van der Waals surface area (Å²) < 4.78 is 5.64. The maximum absolute atomic E-state index is 11.8. The van der Waals surface area contributed by atoms with Crippen LogP contribution in [0.25, 0.3) is 6.08 Å². The summed E-state index contributed by atoms with van der Waals surface area (Å²) in [5, 5.41) is 2.90. The summed E-state index contributed by atoms with van der Waals surface area (Å²) in [7, 11) is 0. The topological polar surface area (TPSA) is 41.6 Å². The molecule has 0 saturated carbocycles. The standard InChI is InChI=1S/C18H28N2O2/c1-5-20(6-2)13-12-19-18(21)11-10-16-8-7-9-17(14-16)22-15(3)4/h7-11,14-15H,5-6,12-13H2,1-4H3,(H,19,21)/b11-10+. The summed E-state index contributed by atoms with van der Waals surface area (Å²) >= 11 is 0. The predicted molar refractivity (Wildman–Crippen MR) is 92.0 cm³/mol. The van der Waals surface area contributed by atoms with E-state index in [0.717, 1.165) is 30.9 Å². The summed E-state index contributed by atoms with van der Waals surface area (Å²) in [6.07, 6.45) is 3.51. The minimum absolute atomic E-state index is 0.0673. The molecule has 1 rings (SSSR count). The third-order valence-electron chi connectivity index (χ3n) is 3.28. The zero-order valence-electron chi connectivity index (χ0n) is 14.1. The van der Waals surface area contributed by atoms with Crippen molar-refractivity contribution in [2.75, 3.05) is 26.2 Å². The molecule has 0 spiro atoms. The van der Waals surface area contributed by atoms with Crippen molar-refractivity contribution >= 4 is 12.0 Å². The zero-order valence-corrected chi connectivity index (χ0v) is 14.1. The second-order valence-electron chi connectivity index (χ2n) is 5.39. The van der Waals surface area contributed by atoms with Crippen LogP contribution in [0.1, 0.15) is 33.3 Å². The van der Waals surface area contributed by atoms with Crippen LogP contribution < -0.4 is 10.1 Å². The lowest BCUT2D eigenvalue weighted by Gasteiger charge is -2.17. The number of nitrogens with zero attached hydrogens (tertiary/aromatic N) is 1. The Morgan fingerprint density at radius 2 is 2.05 bits per heavy atom. The molecule has 4 heteroatoms. The van der Waals surface area contributed by atoms with E-state index < -0.39 is 0 Å². The lowest BCUT2D eigenvalue weighted by Crippen LogP contribution is -2.34. The van der Waals surface area contributed by atoms with E-state index >= 15 is 0 Å². The molecule has 0 atom stereocenters. The van der Waals surface area contributed by atoms with Crippen molar-refractivity contribution < 1.29 is 9.53 Å². The third-order valence-corrected chi connectivity index (χ3v) is 3.28. The van der Waals surface area contributed by atoms with Crippen molar-refractivity contribution in [1.29, 1.82) is 0 Å². The van der Waals surface area contributed by atoms with E-state index in [0.29, 0.717) is 6.54 Å². The van der Waals surface area contributed by atoms with Crippen LogP contribution in [-0.4, -0.2) is 43.1 Å². The highest BCUT2D eigenvalue weighted by molar-refractivity contribution is 5.91. The van der Waals surface area contributed by atoms with Crippen molar-refractivity contribution in [1.82, 2.24) is 10.2 Å². The fraction of sp³-hybridized carbons (Fsp3) is 0.500. The molecule has 122 valence electrons. The Kier molecular flexibility index (Phi) is 8.30. The molecule has 0 bridgehead atoms. The van der Waals surface area contributed by atoms with Gasteiger partial charge < -0.3 is 15.0 Å². The van der Waals surface area contributed by atoms with Gasteiger partial charge in [0.1, 0.15) is 5.75 Å². The fourth-order valence-electron chi connectivity index (χ4n) is 2.07. The second kappa shape index (κ2) is 10.0. The molecular weight excluding hydrogens is 276 g/mol. The average Bonchev–Trinajstić information content (AvgIpc) is 2.49. The molecule has 0 unspecified atom stereocenters. The van der Waals surface area contributed by atoms with Crippen LogP contribution in [0.4, 0.5) is 0 Å². The Hall–Kier alpha value is -1.81. The highest BCUT2D eigenvalue weighted by atomic mass is 16.5. The summed E-state index contributed by atoms with van der Waals surface area (Å²) in [6.45, 7) is 11.8. The van der Waals surface area contributed by atoms with Crippen LogP contribution in [0.2, 0.25) is 0 Å². The number of hydrogen-bond acceptors (Lipinski definition) is 3. The van der Waals surface area contributed by atoms with Crippen LogP contribution >= 0.6 is 0 Å². The highest BCUT2D eigenvalue weighted by Gasteiger charge is 2.01. The largest absolute Gasteiger partial charge is 0.491 e. The van der Waals surface area contributed by atoms with Crippen molar-refractivity contribution in [3.63, 3.8) is 0 Å². The molecule has 0 radical (unpaired) electrons. The lowest BCUT2D eigenvalue weighted by molar-refractivity contribution is -0.116. The first-order chi connectivity index (χ1) is 10.5. The highest BCUT2D eigenvalue weighted by Crippen LogP contribution is 2.15. The van der Waals surface area contributed by atoms with Gasteiger partial charge in [0, 0.05) is 19.2 Å². The molecule has 4 nitrogen and oxygen atoms in total. The number of nitrogens with one attached hydrogen (secondary N) is 1. The molecule has 0 aliphatic heterocycles. The van der Waals surface area contributed by atoms with Gasteiger partial charge in [-0.3, -0.25) is 4.79 Å². The van der Waals surface area contributed by atoms with Gasteiger partial charge in [0.25, 0.3) is 0 Å². The third kappa shape index (κ3) is 7.27. The van der Waals surface area contributed by atoms with Crippen molar-refractivity contribution in [3.8, 4) is 5.75 Å². The summed E-state index contributed by atoms with van der Waals surface area (Å²) in [5.41, 5.74) is 0.956. The first-order valence-electron chi connectivity index (χ1n) is 8.00. The van der Waals surface area contributed by atoms with Crippen LogP contribution in [-0.2, 0) is 4.79 Å². The van der Waals surface area contributed by atoms with E-state index in [1.807, 2.05) is 38.1 Å². The molecule has 0 saturated heterocycles. The molecule has 0 aromatic heterocycles. The van der Waals surface area contributed by atoms with E-state index in [9.17, 15) is 4.79 Å². The first-order valence-corrected chi connectivity index (χ1v) is 8.00. The van der Waals surface area contributed by atoms with Gasteiger partial charge >= 0.3 is 0 Å². The van der Waals surface area contributed by atoms with Gasteiger partial charge in [-0.05, 0) is 50.7 Å². The molecule has 1 amide bonds. The van der Waals surface area contributed by atoms with Crippen LogP contribution in [0.5, 0.6) is 5.75 Å². The summed E-state index contributed by atoms with van der Waals surface area (Å²) in [4.78, 5) is 14.1. The molecule has 1 aromatic rings.